The molecule has 9 heteroatoms. The van der Waals surface area contributed by atoms with Gasteiger partial charge in [-0.25, -0.2) is 4.79 Å². The normalized spacial score (nSPS) is 10.5. The quantitative estimate of drug-likeness (QED) is 0.648. The lowest BCUT2D eigenvalue weighted by Crippen LogP contribution is -2.26. The van der Waals surface area contributed by atoms with E-state index in [0.717, 1.165) is 0 Å². The maximum Gasteiger partial charge on any atom is 0.338 e. The maximum atomic E-state index is 12.3. The molecule has 9 nitrogen and oxygen atoms in total. The van der Waals surface area contributed by atoms with Crippen LogP contribution in [0.1, 0.15) is 23.1 Å². The van der Waals surface area contributed by atoms with E-state index in [4.69, 9.17) is 9.26 Å². The summed E-state index contributed by atoms with van der Waals surface area (Å²) in [6.07, 6.45) is 1.48. The third kappa shape index (κ3) is 4.50. The highest BCUT2D eigenvalue weighted by Gasteiger charge is 2.11. The average molecular weight is 382 g/mol. The first-order valence-electron chi connectivity index (χ1n) is 8.54. The number of hydrogen-bond acceptors (Lipinski definition) is 7. The molecule has 0 fully saturated rings. The Morgan fingerprint density at radius 2 is 1.93 bits per heavy atom. The molecule has 0 saturated heterocycles. The fraction of sp³-hybridized carbons (Fsp3) is 0.211. The van der Waals surface area contributed by atoms with Crippen molar-refractivity contribution in [2.75, 3.05) is 11.9 Å². The summed E-state index contributed by atoms with van der Waals surface area (Å²) in [4.78, 5) is 40.1. The van der Waals surface area contributed by atoms with Gasteiger partial charge in [0.15, 0.2) is 5.82 Å². The molecule has 0 radical (unpaired) electrons. The molecule has 1 N–H and O–H groups in total. The van der Waals surface area contributed by atoms with E-state index in [1.54, 1.807) is 44.2 Å². The molecule has 3 aromatic rings. The van der Waals surface area contributed by atoms with Crippen molar-refractivity contribution in [1.82, 2.24) is 14.7 Å². The van der Waals surface area contributed by atoms with Gasteiger partial charge in [0.05, 0.1) is 17.7 Å². The van der Waals surface area contributed by atoms with Gasteiger partial charge in [-0.15, -0.1) is 0 Å². The minimum atomic E-state index is -0.431. The van der Waals surface area contributed by atoms with Crippen LogP contribution in [0.15, 0.2) is 51.9 Å². The van der Waals surface area contributed by atoms with Gasteiger partial charge >= 0.3 is 5.97 Å². The minimum Gasteiger partial charge on any atom is -0.462 e. The number of nitrogens with one attached hydrogen (secondary N) is 1. The number of benzene rings is 1. The Balaban J connectivity index is 1.69. The van der Waals surface area contributed by atoms with Crippen LogP contribution < -0.4 is 10.9 Å². The van der Waals surface area contributed by atoms with Crippen LogP contribution in [-0.2, 0) is 16.1 Å². The topological polar surface area (TPSA) is 116 Å². The first-order valence-corrected chi connectivity index (χ1v) is 8.54. The first-order chi connectivity index (χ1) is 13.5. The predicted molar refractivity (Wildman–Crippen MR) is 99.8 cm³/mol. The smallest absolute Gasteiger partial charge is 0.338 e. The van der Waals surface area contributed by atoms with Gasteiger partial charge in [-0.1, -0.05) is 5.16 Å². The molecule has 0 bridgehead atoms. The van der Waals surface area contributed by atoms with Gasteiger partial charge in [-0.3, -0.25) is 9.59 Å². The molecule has 0 aliphatic rings. The molecule has 2 heterocycles. The minimum absolute atomic E-state index is 0.195. The fourth-order valence-electron chi connectivity index (χ4n) is 2.46. The van der Waals surface area contributed by atoms with E-state index in [9.17, 15) is 14.4 Å². The van der Waals surface area contributed by atoms with E-state index in [2.05, 4.69) is 15.5 Å². The number of anilines is 1. The van der Waals surface area contributed by atoms with E-state index >= 15 is 0 Å². The summed E-state index contributed by atoms with van der Waals surface area (Å²) in [7, 11) is 0. The first kappa shape index (κ1) is 19.0. The molecule has 0 saturated carbocycles. The molecule has 0 spiro atoms. The zero-order valence-electron chi connectivity index (χ0n) is 15.3. The molecular weight excluding hydrogens is 364 g/mol. The largest absolute Gasteiger partial charge is 0.462 e. The number of ether oxygens (including phenoxy) is 1. The van der Waals surface area contributed by atoms with E-state index in [0.29, 0.717) is 22.6 Å². The zero-order chi connectivity index (χ0) is 20.1. The van der Waals surface area contributed by atoms with Gasteiger partial charge < -0.3 is 19.1 Å². The van der Waals surface area contributed by atoms with Gasteiger partial charge in [0.25, 0.3) is 11.4 Å². The number of carbonyl (C=O) groups is 2. The Hall–Kier alpha value is -3.75. The molecule has 3 rings (SSSR count). The van der Waals surface area contributed by atoms with Crippen molar-refractivity contribution in [3.63, 3.8) is 0 Å². The van der Waals surface area contributed by atoms with E-state index < -0.39 is 11.9 Å². The van der Waals surface area contributed by atoms with Crippen LogP contribution in [0.4, 0.5) is 5.69 Å². The standard InChI is InChI=1S/C19H18N4O5/c1-3-27-19(26)13-4-7-15(8-5-13)21-16(24)11-23-10-14(6-9-17(23)25)18-20-12(2)22-28-18/h4-10H,3,11H2,1-2H3,(H,21,24). The van der Waals surface area contributed by atoms with Gasteiger partial charge in [0.2, 0.25) is 5.91 Å². The summed E-state index contributed by atoms with van der Waals surface area (Å²) in [5.74, 6) is -0.0946. The number of hydrogen-bond donors (Lipinski definition) is 1. The van der Waals surface area contributed by atoms with Crippen LogP contribution in [0.2, 0.25) is 0 Å². The molecule has 28 heavy (non-hydrogen) atoms. The molecule has 0 atom stereocenters. The lowest BCUT2D eigenvalue weighted by Gasteiger charge is -2.09. The highest BCUT2D eigenvalue weighted by atomic mass is 16.5. The summed E-state index contributed by atoms with van der Waals surface area (Å²) >= 11 is 0. The number of esters is 1. The molecular formula is C19H18N4O5. The third-order valence-corrected chi connectivity index (χ3v) is 3.75. The van der Waals surface area contributed by atoms with Crippen LogP contribution in [0.25, 0.3) is 11.5 Å². The highest BCUT2D eigenvalue weighted by molar-refractivity contribution is 5.93. The number of aryl methyl sites for hydroxylation is 1. The van der Waals surface area contributed by atoms with E-state index in [-0.39, 0.29) is 24.6 Å². The fourth-order valence-corrected chi connectivity index (χ4v) is 2.46. The van der Waals surface area contributed by atoms with E-state index in [1.807, 2.05) is 0 Å². The molecule has 0 unspecified atom stereocenters. The summed E-state index contributed by atoms with van der Waals surface area (Å²) in [5.41, 5.74) is 1.08. The Kier molecular flexibility index (Phi) is 5.64. The Morgan fingerprint density at radius 3 is 2.57 bits per heavy atom. The lowest BCUT2D eigenvalue weighted by atomic mass is 10.2. The number of carbonyl (C=O) groups excluding carboxylic acids is 2. The van der Waals surface area contributed by atoms with Crippen molar-refractivity contribution in [2.24, 2.45) is 0 Å². The number of rotatable bonds is 6. The lowest BCUT2D eigenvalue weighted by molar-refractivity contribution is -0.116. The Labute approximate surface area is 159 Å². The van der Waals surface area contributed by atoms with Crippen LogP contribution in [0, 0.1) is 6.92 Å². The molecule has 1 amide bonds. The van der Waals surface area contributed by atoms with Gasteiger partial charge in [0, 0.05) is 18.0 Å². The zero-order valence-corrected chi connectivity index (χ0v) is 15.3. The third-order valence-electron chi connectivity index (χ3n) is 3.75. The van der Waals surface area contributed by atoms with Gasteiger partial charge in [0.1, 0.15) is 6.54 Å². The highest BCUT2D eigenvalue weighted by Crippen LogP contribution is 2.15. The van der Waals surface area contributed by atoms with Crippen molar-refractivity contribution >= 4 is 17.6 Å². The SMILES string of the molecule is CCOC(=O)c1ccc(NC(=O)Cn2cc(-c3nc(C)no3)ccc2=O)cc1. The summed E-state index contributed by atoms with van der Waals surface area (Å²) in [6.45, 7) is 3.50. The van der Waals surface area contributed by atoms with E-state index in [1.165, 1.54) is 16.8 Å². The average Bonchev–Trinajstić information content (AvgIpc) is 3.10. The maximum absolute atomic E-state index is 12.3. The van der Waals surface area contributed by atoms with Gasteiger partial charge in [-0.2, -0.15) is 4.98 Å². The van der Waals surface area contributed by atoms with Crippen molar-refractivity contribution < 1.29 is 18.8 Å². The molecule has 0 aliphatic carbocycles. The summed E-state index contributed by atoms with van der Waals surface area (Å²) < 4.78 is 11.2. The summed E-state index contributed by atoms with van der Waals surface area (Å²) in [6, 6.07) is 9.17. The van der Waals surface area contributed by atoms with Crippen LogP contribution in [0.5, 0.6) is 0 Å². The number of aromatic nitrogens is 3. The predicted octanol–water partition coefficient (Wildman–Crippen LogP) is 2.02. The monoisotopic (exact) mass is 382 g/mol. The molecule has 1 aromatic carbocycles. The van der Waals surface area contributed by atoms with Crippen molar-refractivity contribution in [3.8, 4) is 11.5 Å². The molecule has 0 aliphatic heterocycles. The second-order valence-electron chi connectivity index (χ2n) is 5.88. The Morgan fingerprint density at radius 1 is 1.18 bits per heavy atom. The number of pyridine rings is 1. The van der Waals surface area contributed by atoms with Crippen LogP contribution in [-0.4, -0.2) is 33.2 Å². The number of amides is 1. The van der Waals surface area contributed by atoms with Crippen LogP contribution in [0.3, 0.4) is 0 Å². The molecule has 144 valence electrons. The second kappa shape index (κ2) is 8.30. The Bertz CT molecular complexity index is 1050. The van der Waals surface area contributed by atoms with Crippen molar-refractivity contribution in [2.45, 2.75) is 20.4 Å². The van der Waals surface area contributed by atoms with Crippen molar-refractivity contribution in [3.05, 3.63) is 64.3 Å². The van der Waals surface area contributed by atoms with Crippen molar-refractivity contribution in [1.29, 1.82) is 0 Å². The molecule has 2 aromatic heterocycles. The van der Waals surface area contributed by atoms with Gasteiger partial charge in [-0.05, 0) is 44.2 Å². The second-order valence-corrected chi connectivity index (χ2v) is 5.88. The summed E-state index contributed by atoms with van der Waals surface area (Å²) in [5, 5.41) is 6.38. The van der Waals surface area contributed by atoms with Crippen LogP contribution >= 0.6 is 0 Å². The number of nitrogens with zero attached hydrogens (tertiary/aromatic N) is 3.